The number of amides is 3. The van der Waals surface area contributed by atoms with Gasteiger partial charge >= 0.3 is 12.0 Å². The minimum Gasteiger partial charge on any atom is -0.480 e. The molecule has 0 aliphatic heterocycles. The second-order valence-electron chi connectivity index (χ2n) is 3.21. The average molecular weight is 247 g/mol. The van der Waals surface area contributed by atoms with Crippen molar-refractivity contribution in [2.75, 3.05) is 26.7 Å². The number of likely N-dealkylation sites (N-methyl/N-ethyl adjacent to an activating group) is 2. The van der Waals surface area contributed by atoms with E-state index >= 15 is 0 Å². The van der Waals surface area contributed by atoms with E-state index in [-0.39, 0.29) is 19.0 Å². The first kappa shape index (κ1) is 15.2. The third kappa shape index (κ3) is 5.16. The second kappa shape index (κ2) is 7.44. The highest BCUT2D eigenvalue weighted by molar-refractivity contribution is 5.86. The van der Waals surface area contributed by atoms with E-state index < -0.39 is 24.6 Å². The summed E-state index contributed by atoms with van der Waals surface area (Å²) in [5.74, 6) is -1.70. The van der Waals surface area contributed by atoms with E-state index in [1.165, 1.54) is 7.05 Å². The Morgan fingerprint density at radius 1 is 1.35 bits per heavy atom. The molecule has 0 saturated heterocycles. The van der Waals surface area contributed by atoms with Crippen molar-refractivity contribution in [2.24, 2.45) is 0 Å². The molecule has 8 nitrogen and oxygen atoms in total. The van der Waals surface area contributed by atoms with Crippen LogP contribution in [-0.4, -0.2) is 65.8 Å². The number of rotatable bonds is 6. The van der Waals surface area contributed by atoms with E-state index in [0.717, 1.165) is 4.90 Å². The highest BCUT2D eigenvalue weighted by Gasteiger charge is 2.22. The molecule has 0 fully saturated rings. The van der Waals surface area contributed by atoms with Crippen molar-refractivity contribution in [3.63, 3.8) is 0 Å². The molecular weight excluding hydrogens is 230 g/mol. The van der Waals surface area contributed by atoms with Gasteiger partial charge in [0.05, 0.1) is 6.61 Å². The van der Waals surface area contributed by atoms with Crippen molar-refractivity contribution < 1.29 is 24.6 Å². The lowest BCUT2D eigenvalue weighted by molar-refractivity contribution is -0.140. The lowest BCUT2D eigenvalue weighted by Crippen LogP contribution is -2.51. The van der Waals surface area contributed by atoms with Crippen LogP contribution < -0.4 is 10.6 Å². The zero-order chi connectivity index (χ0) is 13.4. The molecule has 0 unspecified atom stereocenters. The van der Waals surface area contributed by atoms with Gasteiger partial charge in [0.2, 0.25) is 5.91 Å². The molecule has 98 valence electrons. The molecule has 0 aromatic rings. The molecule has 0 spiro atoms. The molecule has 1 atom stereocenters. The van der Waals surface area contributed by atoms with Crippen molar-refractivity contribution in [3.05, 3.63) is 0 Å². The van der Waals surface area contributed by atoms with Gasteiger partial charge in [0.15, 0.2) is 6.04 Å². The molecular formula is C9H17N3O5. The minimum atomic E-state index is -1.37. The molecule has 0 aromatic heterocycles. The van der Waals surface area contributed by atoms with Gasteiger partial charge in [-0.2, -0.15) is 0 Å². The SMILES string of the molecule is CCN(CC(=O)NC)C(=O)N[C@H](CO)C(=O)O. The molecule has 0 radical (unpaired) electrons. The number of carbonyl (C=O) groups is 3. The number of hydrogen-bond acceptors (Lipinski definition) is 4. The van der Waals surface area contributed by atoms with Crippen LogP contribution in [0.15, 0.2) is 0 Å². The normalized spacial score (nSPS) is 11.5. The number of hydrogen-bond donors (Lipinski definition) is 4. The average Bonchev–Trinajstić information content (AvgIpc) is 2.31. The van der Waals surface area contributed by atoms with Gasteiger partial charge < -0.3 is 25.7 Å². The Balaban J connectivity index is 4.43. The fraction of sp³-hybridized carbons (Fsp3) is 0.667. The zero-order valence-corrected chi connectivity index (χ0v) is 9.77. The third-order valence-corrected chi connectivity index (χ3v) is 2.06. The van der Waals surface area contributed by atoms with Crippen molar-refractivity contribution in [1.29, 1.82) is 0 Å². The Kier molecular flexibility index (Phi) is 6.64. The Morgan fingerprint density at radius 2 is 1.94 bits per heavy atom. The molecule has 0 bridgehead atoms. The molecule has 0 aliphatic carbocycles. The van der Waals surface area contributed by atoms with Crippen LogP contribution in [0.2, 0.25) is 0 Å². The standard InChI is InChI=1S/C9H17N3O5/c1-3-12(4-7(14)10-2)9(17)11-6(5-13)8(15)16/h6,13H,3-5H2,1-2H3,(H,10,14)(H,11,17)(H,15,16)/t6-/m1/s1. The summed E-state index contributed by atoms with van der Waals surface area (Å²) >= 11 is 0. The predicted octanol–water partition coefficient (Wildman–Crippen LogP) is -1.79. The van der Waals surface area contributed by atoms with Gasteiger partial charge in [-0.05, 0) is 6.92 Å². The predicted molar refractivity (Wildman–Crippen MR) is 58.4 cm³/mol. The number of aliphatic hydroxyl groups excluding tert-OH is 1. The van der Waals surface area contributed by atoms with E-state index in [4.69, 9.17) is 10.2 Å². The van der Waals surface area contributed by atoms with Crippen LogP contribution in [0.1, 0.15) is 6.92 Å². The summed E-state index contributed by atoms with van der Waals surface area (Å²) in [5.41, 5.74) is 0. The topological polar surface area (TPSA) is 119 Å². The number of aliphatic hydroxyl groups is 1. The summed E-state index contributed by atoms with van der Waals surface area (Å²) in [7, 11) is 1.43. The summed E-state index contributed by atoms with van der Waals surface area (Å²) < 4.78 is 0. The first-order chi connectivity index (χ1) is 7.96. The van der Waals surface area contributed by atoms with Crippen LogP contribution in [0, 0.1) is 0 Å². The van der Waals surface area contributed by atoms with Crippen LogP contribution in [0.3, 0.4) is 0 Å². The zero-order valence-electron chi connectivity index (χ0n) is 9.77. The second-order valence-corrected chi connectivity index (χ2v) is 3.21. The van der Waals surface area contributed by atoms with E-state index in [1.54, 1.807) is 6.92 Å². The number of carboxylic acids is 1. The summed E-state index contributed by atoms with van der Waals surface area (Å²) in [4.78, 5) is 34.3. The van der Waals surface area contributed by atoms with Gasteiger partial charge in [0.1, 0.15) is 6.54 Å². The van der Waals surface area contributed by atoms with Gasteiger partial charge in [0.25, 0.3) is 0 Å². The monoisotopic (exact) mass is 247 g/mol. The molecule has 17 heavy (non-hydrogen) atoms. The van der Waals surface area contributed by atoms with Crippen molar-refractivity contribution >= 4 is 17.9 Å². The number of aliphatic carboxylic acids is 1. The highest BCUT2D eigenvalue weighted by atomic mass is 16.4. The van der Waals surface area contributed by atoms with Gasteiger partial charge in [-0.1, -0.05) is 0 Å². The molecule has 3 amide bonds. The summed E-state index contributed by atoms with van der Waals surface area (Å²) in [6.45, 7) is 1.02. The fourth-order valence-electron chi connectivity index (χ4n) is 1.01. The van der Waals surface area contributed by atoms with Crippen LogP contribution >= 0.6 is 0 Å². The molecule has 0 heterocycles. The van der Waals surface area contributed by atoms with E-state index in [2.05, 4.69) is 10.6 Å². The quantitative estimate of drug-likeness (QED) is 0.442. The molecule has 8 heteroatoms. The van der Waals surface area contributed by atoms with Crippen LogP contribution in [0.5, 0.6) is 0 Å². The molecule has 0 saturated carbocycles. The Morgan fingerprint density at radius 3 is 2.29 bits per heavy atom. The molecule has 0 aromatic carbocycles. The summed E-state index contributed by atoms with van der Waals surface area (Å²) in [5, 5.41) is 21.8. The van der Waals surface area contributed by atoms with E-state index in [9.17, 15) is 14.4 Å². The Bertz CT molecular complexity index is 294. The van der Waals surface area contributed by atoms with Gasteiger partial charge in [-0.3, -0.25) is 4.79 Å². The molecule has 0 rings (SSSR count). The van der Waals surface area contributed by atoms with Crippen molar-refractivity contribution in [3.8, 4) is 0 Å². The summed E-state index contributed by atoms with van der Waals surface area (Å²) in [6, 6.07) is -2.08. The number of urea groups is 1. The number of carbonyl (C=O) groups excluding carboxylic acids is 2. The highest BCUT2D eigenvalue weighted by Crippen LogP contribution is 1.92. The molecule has 0 aliphatic rings. The van der Waals surface area contributed by atoms with E-state index in [0.29, 0.717) is 0 Å². The van der Waals surface area contributed by atoms with Crippen LogP contribution in [0.25, 0.3) is 0 Å². The number of nitrogens with zero attached hydrogens (tertiary/aromatic N) is 1. The maximum atomic E-state index is 11.6. The lowest BCUT2D eigenvalue weighted by atomic mass is 10.3. The van der Waals surface area contributed by atoms with Gasteiger partial charge in [0, 0.05) is 13.6 Å². The number of carboxylic acid groups (broad SMARTS) is 1. The lowest BCUT2D eigenvalue weighted by Gasteiger charge is -2.22. The largest absolute Gasteiger partial charge is 0.480 e. The third-order valence-electron chi connectivity index (χ3n) is 2.06. The minimum absolute atomic E-state index is 0.170. The first-order valence-electron chi connectivity index (χ1n) is 5.05. The molecule has 4 N–H and O–H groups in total. The fourth-order valence-corrected chi connectivity index (χ4v) is 1.01. The maximum absolute atomic E-state index is 11.6. The van der Waals surface area contributed by atoms with Gasteiger partial charge in [-0.15, -0.1) is 0 Å². The van der Waals surface area contributed by atoms with Gasteiger partial charge in [-0.25, -0.2) is 9.59 Å². The Hall–Kier alpha value is -1.83. The van der Waals surface area contributed by atoms with Crippen molar-refractivity contribution in [2.45, 2.75) is 13.0 Å². The first-order valence-corrected chi connectivity index (χ1v) is 5.05. The smallest absolute Gasteiger partial charge is 0.328 e. The summed E-state index contributed by atoms with van der Waals surface area (Å²) in [6.07, 6.45) is 0. The number of nitrogens with one attached hydrogen (secondary N) is 2. The Labute approximate surface area is 98.6 Å². The van der Waals surface area contributed by atoms with Crippen LogP contribution in [-0.2, 0) is 9.59 Å². The maximum Gasteiger partial charge on any atom is 0.328 e. The van der Waals surface area contributed by atoms with Crippen LogP contribution in [0.4, 0.5) is 4.79 Å². The van der Waals surface area contributed by atoms with E-state index in [1.807, 2.05) is 0 Å². The van der Waals surface area contributed by atoms with Crippen molar-refractivity contribution in [1.82, 2.24) is 15.5 Å².